The van der Waals surface area contributed by atoms with Crippen LogP contribution in [-0.2, 0) is 5.54 Å². The molecular formula is C7H13N3O. The average molecular weight is 155 g/mol. The Morgan fingerprint density at radius 3 is 2.45 bits per heavy atom. The largest absolute Gasteiger partial charge is 0.467 e. The molecule has 0 aliphatic rings. The van der Waals surface area contributed by atoms with E-state index in [0.717, 1.165) is 0 Å². The van der Waals surface area contributed by atoms with Gasteiger partial charge in [-0.1, -0.05) is 0 Å². The lowest BCUT2D eigenvalue weighted by Gasteiger charge is -2.19. The first-order chi connectivity index (χ1) is 5.05. The Balaban J connectivity index is 3.02. The van der Waals surface area contributed by atoms with Gasteiger partial charge in [0.1, 0.15) is 6.33 Å². The molecule has 4 nitrogen and oxygen atoms in total. The van der Waals surface area contributed by atoms with Gasteiger partial charge in [0, 0.05) is 0 Å². The van der Waals surface area contributed by atoms with Gasteiger partial charge in [-0.15, -0.1) is 0 Å². The zero-order chi connectivity index (χ0) is 8.48. The van der Waals surface area contributed by atoms with E-state index in [2.05, 4.69) is 10.1 Å². The van der Waals surface area contributed by atoms with Crippen molar-refractivity contribution in [2.24, 2.45) is 0 Å². The molecule has 0 amide bonds. The van der Waals surface area contributed by atoms with Crippen molar-refractivity contribution in [1.82, 2.24) is 14.8 Å². The number of rotatable bonds is 1. The molecule has 1 aromatic rings. The van der Waals surface area contributed by atoms with Gasteiger partial charge in [0.25, 0.3) is 0 Å². The van der Waals surface area contributed by atoms with Gasteiger partial charge >= 0.3 is 6.01 Å². The monoisotopic (exact) mass is 155 g/mol. The summed E-state index contributed by atoms with van der Waals surface area (Å²) in [7, 11) is 1.59. The standard InChI is InChI=1S/C7H13N3O/c1-7(2,3)10-6(11-4)8-5-9-10/h5H,1-4H3. The smallest absolute Gasteiger partial charge is 0.314 e. The van der Waals surface area contributed by atoms with Crippen LogP contribution in [0.4, 0.5) is 0 Å². The van der Waals surface area contributed by atoms with E-state index >= 15 is 0 Å². The maximum atomic E-state index is 5.00. The summed E-state index contributed by atoms with van der Waals surface area (Å²) in [5.41, 5.74) is -0.0676. The second-order valence-electron chi connectivity index (χ2n) is 3.33. The molecule has 0 saturated heterocycles. The zero-order valence-corrected chi connectivity index (χ0v) is 7.33. The molecule has 0 unspecified atom stereocenters. The minimum absolute atomic E-state index is 0.0676. The van der Waals surface area contributed by atoms with E-state index in [4.69, 9.17) is 4.74 Å². The van der Waals surface area contributed by atoms with Crippen LogP contribution < -0.4 is 4.74 Å². The van der Waals surface area contributed by atoms with Crippen molar-refractivity contribution in [2.75, 3.05) is 7.11 Å². The van der Waals surface area contributed by atoms with Crippen molar-refractivity contribution >= 4 is 0 Å². The van der Waals surface area contributed by atoms with E-state index in [1.54, 1.807) is 11.8 Å². The Hall–Kier alpha value is -1.06. The molecule has 11 heavy (non-hydrogen) atoms. The van der Waals surface area contributed by atoms with E-state index in [1.807, 2.05) is 20.8 Å². The van der Waals surface area contributed by atoms with Gasteiger partial charge in [0.05, 0.1) is 12.6 Å². The molecule has 0 aliphatic carbocycles. The van der Waals surface area contributed by atoms with Gasteiger partial charge < -0.3 is 4.74 Å². The molecule has 0 radical (unpaired) electrons. The molecule has 0 fully saturated rings. The van der Waals surface area contributed by atoms with Crippen molar-refractivity contribution in [3.05, 3.63) is 6.33 Å². The Kier molecular flexibility index (Phi) is 1.85. The summed E-state index contributed by atoms with van der Waals surface area (Å²) in [5.74, 6) is 0. The van der Waals surface area contributed by atoms with Crippen LogP contribution in [0, 0.1) is 0 Å². The van der Waals surface area contributed by atoms with Crippen molar-refractivity contribution in [2.45, 2.75) is 26.3 Å². The minimum atomic E-state index is -0.0676. The number of methoxy groups -OCH3 is 1. The first kappa shape index (κ1) is 8.04. The van der Waals surface area contributed by atoms with Gasteiger partial charge in [0.2, 0.25) is 0 Å². The highest BCUT2D eigenvalue weighted by Gasteiger charge is 2.18. The molecule has 0 saturated carbocycles. The fourth-order valence-electron chi connectivity index (χ4n) is 0.830. The molecule has 0 atom stereocenters. The predicted octanol–water partition coefficient (Wildman–Crippen LogP) is 1.04. The fraction of sp³-hybridized carbons (Fsp3) is 0.714. The maximum Gasteiger partial charge on any atom is 0.314 e. The van der Waals surface area contributed by atoms with Crippen LogP contribution in [0.25, 0.3) is 0 Å². The zero-order valence-electron chi connectivity index (χ0n) is 7.33. The van der Waals surface area contributed by atoms with Crippen molar-refractivity contribution in [1.29, 1.82) is 0 Å². The SMILES string of the molecule is COc1ncnn1C(C)(C)C. The molecule has 0 N–H and O–H groups in total. The third kappa shape index (κ3) is 1.50. The lowest BCUT2D eigenvalue weighted by molar-refractivity contribution is 0.275. The first-order valence-corrected chi connectivity index (χ1v) is 3.50. The average Bonchev–Trinajstić information content (AvgIpc) is 2.31. The number of nitrogens with zero attached hydrogens (tertiary/aromatic N) is 3. The van der Waals surface area contributed by atoms with Gasteiger partial charge in [0.15, 0.2) is 0 Å². The molecule has 62 valence electrons. The van der Waals surface area contributed by atoms with E-state index < -0.39 is 0 Å². The predicted molar refractivity (Wildman–Crippen MR) is 41.6 cm³/mol. The molecule has 0 spiro atoms. The third-order valence-electron chi connectivity index (χ3n) is 1.33. The summed E-state index contributed by atoms with van der Waals surface area (Å²) >= 11 is 0. The van der Waals surface area contributed by atoms with Crippen molar-refractivity contribution < 1.29 is 4.74 Å². The second kappa shape index (κ2) is 2.53. The summed E-state index contributed by atoms with van der Waals surface area (Å²) in [6.45, 7) is 6.14. The van der Waals surface area contributed by atoms with Crippen LogP contribution in [0.1, 0.15) is 20.8 Å². The Morgan fingerprint density at radius 2 is 2.09 bits per heavy atom. The minimum Gasteiger partial charge on any atom is -0.467 e. The fourth-order valence-corrected chi connectivity index (χ4v) is 0.830. The molecular weight excluding hydrogens is 142 g/mol. The van der Waals surface area contributed by atoms with Gasteiger partial charge in [-0.05, 0) is 20.8 Å². The number of hydrogen-bond donors (Lipinski definition) is 0. The molecule has 1 rings (SSSR count). The van der Waals surface area contributed by atoms with Crippen LogP contribution in [0.5, 0.6) is 6.01 Å². The number of ether oxygens (including phenoxy) is 1. The molecule has 0 aliphatic heterocycles. The summed E-state index contributed by atoms with van der Waals surface area (Å²) in [5, 5.41) is 4.04. The summed E-state index contributed by atoms with van der Waals surface area (Å²) in [6.07, 6.45) is 1.49. The summed E-state index contributed by atoms with van der Waals surface area (Å²) < 4.78 is 6.74. The lowest BCUT2D eigenvalue weighted by atomic mass is 10.1. The van der Waals surface area contributed by atoms with Crippen LogP contribution in [0.2, 0.25) is 0 Å². The summed E-state index contributed by atoms with van der Waals surface area (Å²) in [6, 6.07) is 0.553. The van der Waals surface area contributed by atoms with E-state index in [0.29, 0.717) is 6.01 Å². The Morgan fingerprint density at radius 1 is 1.45 bits per heavy atom. The highest BCUT2D eigenvalue weighted by molar-refractivity contribution is 4.94. The Labute approximate surface area is 66.2 Å². The van der Waals surface area contributed by atoms with Crippen LogP contribution in [-0.4, -0.2) is 21.9 Å². The van der Waals surface area contributed by atoms with Crippen molar-refractivity contribution in [3.63, 3.8) is 0 Å². The van der Waals surface area contributed by atoms with E-state index in [1.165, 1.54) is 6.33 Å². The van der Waals surface area contributed by atoms with Crippen LogP contribution >= 0.6 is 0 Å². The van der Waals surface area contributed by atoms with Gasteiger partial charge in [-0.2, -0.15) is 10.1 Å². The lowest BCUT2D eigenvalue weighted by Crippen LogP contribution is -2.23. The number of aromatic nitrogens is 3. The highest BCUT2D eigenvalue weighted by Crippen LogP contribution is 2.17. The molecule has 1 heterocycles. The summed E-state index contributed by atoms with van der Waals surface area (Å²) in [4.78, 5) is 3.93. The molecule has 1 aromatic heterocycles. The second-order valence-corrected chi connectivity index (χ2v) is 3.33. The topological polar surface area (TPSA) is 39.9 Å². The molecule has 4 heteroatoms. The molecule has 0 aromatic carbocycles. The van der Waals surface area contributed by atoms with Crippen molar-refractivity contribution in [3.8, 4) is 6.01 Å². The number of hydrogen-bond acceptors (Lipinski definition) is 3. The normalized spacial score (nSPS) is 11.6. The maximum absolute atomic E-state index is 5.00. The Bertz CT molecular complexity index is 236. The first-order valence-electron chi connectivity index (χ1n) is 3.50. The quantitative estimate of drug-likeness (QED) is 0.608. The molecule has 0 bridgehead atoms. The van der Waals surface area contributed by atoms with E-state index in [-0.39, 0.29) is 5.54 Å². The van der Waals surface area contributed by atoms with Gasteiger partial charge in [-0.3, -0.25) is 0 Å². The van der Waals surface area contributed by atoms with E-state index in [9.17, 15) is 0 Å². The van der Waals surface area contributed by atoms with Crippen LogP contribution in [0.15, 0.2) is 6.33 Å². The highest BCUT2D eigenvalue weighted by atomic mass is 16.5. The van der Waals surface area contributed by atoms with Gasteiger partial charge in [-0.25, -0.2) is 4.68 Å². The van der Waals surface area contributed by atoms with Crippen LogP contribution in [0.3, 0.4) is 0 Å². The third-order valence-corrected chi connectivity index (χ3v) is 1.33.